The minimum Gasteiger partial charge on any atom is -0.427 e. The number of esters is 2. The van der Waals surface area contributed by atoms with Crippen molar-refractivity contribution in [3.8, 4) is 11.5 Å². The molecule has 0 bridgehead atoms. The lowest BCUT2D eigenvalue weighted by Gasteiger charge is -2.02. The van der Waals surface area contributed by atoms with Crippen LogP contribution >= 0.6 is 0 Å². The first-order chi connectivity index (χ1) is 10.9. The second-order valence-corrected chi connectivity index (χ2v) is 4.49. The summed E-state index contributed by atoms with van der Waals surface area (Å²) < 4.78 is 35.5. The summed E-state index contributed by atoms with van der Waals surface area (Å²) in [7, 11) is 0. The average molecular weight is 318 g/mol. The van der Waals surface area contributed by atoms with Gasteiger partial charge in [0.1, 0.15) is 11.5 Å². The molecular formula is C17H12F2O4. The fraction of sp³-hybridized carbons (Fsp3) is 0.0588. The molecule has 0 unspecified atom stereocenters. The lowest BCUT2D eigenvalue weighted by atomic mass is 10.2. The molecule has 0 spiro atoms. The zero-order chi connectivity index (χ0) is 16.8. The number of rotatable bonds is 4. The van der Waals surface area contributed by atoms with Gasteiger partial charge in [-0.1, -0.05) is 12.1 Å². The van der Waals surface area contributed by atoms with Crippen molar-refractivity contribution in [2.75, 3.05) is 0 Å². The molecule has 0 aliphatic rings. The highest BCUT2D eigenvalue weighted by molar-refractivity contribution is 5.88. The van der Waals surface area contributed by atoms with Gasteiger partial charge in [-0.3, -0.25) is 4.79 Å². The molecule has 0 aliphatic heterocycles. The topological polar surface area (TPSA) is 52.6 Å². The Labute approximate surface area is 131 Å². The van der Waals surface area contributed by atoms with E-state index in [1.54, 1.807) is 24.3 Å². The van der Waals surface area contributed by atoms with Gasteiger partial charge in [-0.25, -0.2) is 13.6 Å². The van der Waals surface area contributed by atoms with Gasteiger partial charge in [0.25, 0.3) is 0 Å². The SMILES string of the molecule is CC(=O)Oc1ccc(/C=C/C(=O)Oc2ccc(F)c(F)c2)cc1. The molecule has 4 nitrogen and oxygen atoms in total. The summed E-state index contributed by atoms with van der Waals surface area (Å²) in [5.74, 6) is -2.99. The van der Waals surface area contributed by atoms with Crippen LogP contribution in [0.5, 0.6) is 11.5 Å². The molecule has 6 heteroatoms. The molecule has 2 aromatic carbocycles. The third-order valence-corrected chi connectivity index (χ3v) is 2.66. The predicted octanol–water partition coefficient (Wildman–Crippen LogP) is 3.51. The van der Waals surface area contributed by atoms with Gasteiger partial charge in [0, 0.05) is 19.1 Å². The first kappa shape index (κ1) is 16.4. The lowest BCUT2D eigenvalue weighted by Crippen LogP contribution is -2.04. The van der Waals surface area contributed by atoms with E-state index in [1.165, 1.54) is 13.0 Å². The number of ether oxygens (including phenoxy) is 2. The average Bonchev–Trinajstić information content (AvgIpc) is 2.50. The summed E-state index contributed by atoms with van der Waals surface area (Å²) in [6, 6.07) is 9.23. The van der Waals surface area contributed by atoms with Gasteiger partial charge in [0.15, 0.2) is 11.6 Å². The summed E-state index contributed by atoms with van der Waals surface area (Å²) in [5, 5.41) is 0. The summed E-state index contributed by atoms with van der Waals surface area (Å²) in [4.78, 5) is 22.4. The maximum Gasteiger partial charge on any atom is 0.336 e. The smallest absolute Gasteiger partial charge is 0.336 e. The normalized spacial score (nSPS) is 10.6. The molecule has 0 aliphatic carbocycles. The van der Waals surface area contributed by atoms with Crippen molar-refractivity contribution in [2.24, 2.45) is 0 Å². The second kappa shape index (κ2) is 7.31. The van der Waals surface area contributed by atoms with Gasteiger partial charge in [-0.15, -0.1) is 0 Å². The highest BCUT2D eigenvalue weighted by Gasteiger charge is 2.06. The third kappa shape index (κ3) is 5.03. The van der Waals surface area contributed by atoms with Crippen molar-refractivity contribution in [1.82, 2.24) is 0 Å². The largest absolute Gasteiger partial charge is 0.427 e. The van der Waals surface area contributed by atoms with Crippen LogP contribution in [-0.4, -0.2) is 11.9 Å². The number of benzene rings is 2. The Balaban J connectivity index is 1.97. The van der Waals surface area contributed by atoms with Crippen LogP contribution in [0.15, 0.2) is 48.5 Å². The van der Waals surface area contributed by atoms with E-state index in [0.717, 1.165) is 24.3 Å². The molecule has 118 valence electrons. The number of carbonyl (C=O) groups excluding carboxylic acids is 2. The molecule has 0 fully saturated rings. The second-order valence-electron chi connectivity index (χ2n) is 4.49. The Hall–Kier alpha value is -3.02. The highest BCUT2D eigenvalue weighted by atomic mass is 19.2. The molecular weight excluding hydrogens is 306 g/mol. The standard InChI is InChI=1S/C17H12F2O4/c1-11(20)22-13-5-2-12(3-6-13)4-9-17(21)23-14-7-8-15(18)16(19)10-14/h2-10H,1H3/b9-4+. The van der Waals surface area contributed by atoms with Crippen LogP contribution < -0.4 is 9.47 Å². The quantitative estimate of drug-likeness (QED) is 0.492. The first-order valence-electron chi connectivity index (χ1n) is 6.57. The molecule has 2 aromatic rings. The molecule has 0 heterocycles. The molecule has 0 saturated heterocycles. The Kier molecular flexibility index (Phi) is 5.19. The van der Waals surface area contributed by atoms with Crippen molar-refractivity contribution in [3.05, 3.63) is 65.7 Å². The van der Waals surface area contributed by atoms with E-state index in [1.807, 2.05) is 0 Å². The van der Waals surface area contributed by atoms with Gasteiger partial charge in [-0.05, 0) is 35.9 Å². The van der Waals surface area contributed by atoms with Gasteiger partial charge < -0.3 is 9.47 Å². The third-order valence-electron chi connectivity index (χ3n) is 2.66. The minimum atomic E-state index is -1.10. The zero-order valence-corrected chi connectivity index (χ0v) is 12.1. The van der Waals surface area contributed by atoms with E-state index < -0.39 is 23.6 Å². The van der Waals surface area contributed by atoms with Crippen LogP contribution in [0.2, 0.25) is 0 Å². The molecule has 0 saturated carbocycles. The molecule has 0 amide bonds. The van der Waals surface area contributed by atoms with Crippen molar-refractivity contribution in [3.63, 3.8) is 0 Å². The Bertz CT molecular complexity index is 752. The molecule has 0 N–H and O–H groups in total. The van der Waals surface area contributed by atoms with Crippen molar-refractivity contribution >= 4 is 18.0 Å². The van der Waals surface area contributed by atoms with E-state index >= 15 is 0 Å². The van der Waals surface area contributed by atoms with Crippen molar-refractivity contribution in [2.45, 2.75) is 6.92 Å². The summed E-state index contributed by atoms with van der Waals surface area (Å²) >= 11 is 0. The van der Waals surface area contributed by atoms with Gasteiger partial charge >= 0.3 is 11.9 Å². The molecule has 23 heavy (non-hydrogen) atoms. The van der Waals surface area contributed by atoms with Crippen LogP contribution in [0.4, 0.5) is 8.78 Å². The number of halogens is 2. The van der Waals surface area contributed by atoms with Crippen LogP contribution in [-0.2, 0) is 9.59 Å². The van der Waals surface area contributed by atoms with Crippen molar-refractivity contribution < 1.29 is 27.8 Å². The monoisotopic (exact) mass is 318 g/mol. The van der Waals surface area contributed by atoms with Crippen LogP contribution in [0.25, 0.3) is 6.08 Å². The van der Waals surface area contributed by atoms with Gasteiger partial charge in [0.2, 0.25) is 0 Å². The maximum absolute atomic E-state index is 13.0. The predicted molar refractivity (Wildman–Crippen MR) is 78.8 cm³/mol. The highest BCUT2D eigenvalue weighted by Crippen LogP contribution is 2.16. The number of hydrogen-bond acceptors (Lipinski definition) is 4. The van der Waals surface area contributed by atoms with E-state index in [4.69, 9.17) is 9.47 Å². The van der Waals surface area contributed by atoms with Crippen LogP contribution in [0, 0.1) is 11.6 Å². The molecule has 0 aromatic heterocycles. The van der Waals surface area contributed by atoms with Crippen LogP contribution in [0.1, 0.15) is 12.5 Å². The number of hydrogen-bond donors (Lipinski definition) is 0. The first-order valence-corrected chi connectivity index (χ1v) is 6.57. The van der Waals surface area contributed by atoms with E-state index in [9.17, 15) is 18.4 Å². The fourth-order valence-electron chi connectivity index (χ4n) is 1.67. The lowest BCUT2D eigenvalue weighted by molar-refractivity contribution is -0.132. The van der Waals surface area contributed by atoms with E-state index in [-0.39, 0.29) is 5.75 Å². The zero-order valence-electron chi connectivity index (χ0n) is 12.1. The Morgan fingerprint density at radius 3 is 2.17 bits per heavy atom. The summed E-state index contributed by atoms with van der Waals surface area (Å²) in [5.41, 5.74) is 0.670. The van der Waals surface area contributed by atoms with Crippen molar-refractivity contribution in [1.29, 1.82) is 0 Å². The number of carbonyl (C=O) groups is 2. The summed E-state index contributed by atoms with van der Waals surface area (Å²) in [6.45, 7) is 1.29. The van der Waals surface area contributed by atoms with Gasteiger partial charge in [0.05, 0.1) is 0 Å². The summed E-state index contributed by atoms with van der Waals surface area (Å²) in [6.07, 6.45) is 2.61. The minimum absolute atomic E-state index is 0.0937. The molecule has 2 rings (SSSR count). The van der Waals surface area contributed by atoms with E-state index in [2.05, 4.69) is 0 Å². The fourth-order valence-corrected chi connectivity index (χ4v) is 1.67. The van der Waals surface area contributed by atoms with E-state index in [0.29, 0.717) is 11.3 Å². The van der Waals surface area contributed by atoms with Gasteiger partial charge in [-0.2, -0.15) is 0 Å². The Morgan fingerprint density at radius 1 is 0.913 bits per heavy atom. The van der Waals surface area contributed by atoms with Crippen LogP contribution in [0.3, 0.4) is 0 Å². The molecule has 0 radical (unpaired) electrons. The Morgan fingerprint density at radius 2 is 1.57 bits per heavy atom. The maximum atomic E-state index is 13.0. The molecule has 0 atom stereocenters.